The highest BCUT2D eigenvalue weighted by molar-refractivity contribution is 7.91. The van der Waals surface area contributed by atoms with Crippen molar-refractivity contribution in [2.24, 2.45) is 0 Å². The second-order valence-electron chi connectivity index (χ2n) is 5.28. The molecule has 0 saturated heterocycles. The minimum absolute atomic E-state index is 0.0828. The van der Waals surface area contributed by atoms with E-state index in [4.69, 9.17) is 0 Å². The van der Waals surface area contributed by atoms with E-state index >= 15 is 0 Å². The molecular formula is C16H18FN3O4S2. The van der Waals surface area contributed by atoms with E-state index in [1.54, 1.807) is 17.5 Å². The van der Waals surface area contributed by atoms with Gasteiger partial charge in [-0.2, -0.15) is 4.31 Å². The summed E-state index contributed by atoms with van der Waals surface area (Å²) in [6.45, 7) is -0.173. The summed E-state index contributed by atoms with van der Waals surface area (Å²) in [6, 6.07) is 8.64. The van der Waals surface area contributed by atoms with E-state index < -0.39 is 27.7 Å². The summed E-state index contributed by atoms with van der Waals surface area (Å²) < 4.78 is 39.0. The number of amides is 2. The number of benzene rings is 1. The van der Waals surface area contributed by atoms with Gasteiger partial charge < -0.3 is 10.6 Å². The van der Waals surface area contributed by atoms with Gasteiger partial charge in [-0.1, -0.05) is 18.2 Å². The van der Waals surface area contributed by atoms with Gasteiger partial charge in [0.15, 0.2) is 0 Å². The maximum atomic E-state index is 13.5. The van der Waals surface area contributed by atoms with E-state index in [0.29, 0.717) is 0 Å². The fraction of sp³-hybridized carbons (Fsp3) is 0.250. The first-order valence-corrected chi connectivity index (χ1v) is 9.93. The fourth-order valence-electron chi connectivity index (χ4n) is 2.03. The second kappa shape index (κ2) is 8.88. The highest BCUT2D eigenvalue weighted by atomic mass is 32.2. The molecule has 0 spiro atoms. The maximum absolute atomic E-state index is 13.5. The molecule has 2 rings (SSSR count). The molecule has 0 aliphatic heterocycles. The summed E-state index contributed by atoms with van der Waals surface area (Å²) in [5.74, 6) is -1.73. The minimum atomic E-state index is -3.70. The first kappa shape index (κ1) is 20.0. The lowest BCUT2D eigenvalue weighted by Gasteiger charge is -2.15. The molecule has 0 aliphatic rings. The Hall–Kier alpha value is -2.30. The number of halogens is 1. The zero-order valence-corrected chi connectivity index (χ0v) is 15.6. The standard InChI is InChI=1S/C16H18FN3O4S2/c1-20(26(23,24)15-7-4-10-25-15)11-14(21)18-8-9-19-16(22)12-5-2-3-6-13(12)17/h2-7,10H,8-9,11H2,1H3,(H,18,21)(H,19,22). The molecule has 2 N–H and O–H groups in total. The Morgan fingerprint density at radius 3 is 2.46 bits per heavy atom. The van der Waals surface area contributed by atoms with Crippen molar-refractivity contribution in [1.29, 1.82) is 0 Å². The molecule has 1 aromatic heterocycles. The molecule has 0 fully saturated rings. The Bertz CT molecular complexity index is 869. The molecular weight excluding hydrogens is 381 g/mol. The summed E-state index contributed by atoms with van der Waals surface area (Å²) in [4.78, 5) is 23.7. The van der Waals surface area contributed by atoms with Crippen molar-refractivity contribution in [1.82, 2.24) is 14.9 Å². The number of hydrogen-bond acceptors (Lipinski definition) is 5. The SMILES string of the molecule is CN(CC(=O)NCCNC(=O)c1ccccc1F)S(=O)(=O)c1cccs1. The molecule has 26 heavy (non-hydrogen) atoms. The van der Waals surface area contributed by atoms with Crippen molar-refractivity contribution in [3.63, 3.8) is 0 Å². The monoisotopic (exact) mass is 399 g/mol. The van der Waals surface area contributed by atoms with Gasteiger partial charge in [0.2, 0.25) is 5.91 Å². The summed E-state index contributed by atoms with van der Waals surface area (Å²) in [7, 11) is -2.38. The number of carbonyl (C=O) groups is 2. The van der Waals surface area contributed by atoms with E-state index in [-0.39, 0.29) is 29.4 Å². The molecule has 0 saturated carbocycles. The zero-order chi connectivity index (χ0) is 19.2. The molecule has 0 aliphatic carbocycles. The number of hydrogen-bond donors (Lipinski definition) is 2. The van der Waals surface area contributed by atoms with Gasteiger partial charge in [0, 0.05) is 20.1 Å². The van der Waals surface area contributed by atoms with Crippen LogP contribution in [-0.2, 0) is 14.8 Å². The molecule has 1 heterocycles. The Balaban J connectivity index is 1.75. The van der Waals surface area contributed by atoms with Crippen molar-refractivity contribution in [3.8, 4) is 0 Å². The van der Waals surface area contributed by atoms with Crippen LogP contribution in [0.4, 0.5) is 4.39 Å². The fourth-order valence-corrected chi connectivity index (χ4v) is 4.35. The van der Waals surface area contributed by atoms with Crippen LogP contribution in [0.2, 0.25) is 0 Å². The number of nitrogens with one attached hydrogen (secondary N) is 2. The molecule has 10 heteroatoms. The van der Waals surface area contributed by atoms with Crippen molar-refractivity contribution in [2.45, 2.75) is 4.21 Å². The predicted octanol–water partition coefficient (Wildman–Crippen LogP) is 1.05. The lowest BCUT2D eigenvalue weighted by Crippen LogP contribution is -2.41. The number of carbonyl (C=O) groups excluding carboxylic acids is 2. The second-order valence-corrected chi connectivity index (χ2v) is 8.50. The predicted molar refractivity (Wildman–Crippen MR) is 95.9 cm³/mol. The zero-order valence-electron chi connectivity index (χ0n) is 13.9. The molecule has 1 aromatic carbocycles. The Morgan fingerprint density at radius 1 is 1.12 bits per heavy atom. The van der Waals surface area contributed by atoms with Gasteiger partial charge in [0.1, 0.15) is 10.0 Å². The van der Waals surface area contributed by atoms with Crippen LogP contribution in [0, 0.1) is 5.82 Å². The van der Waals surface area contributed by atoms with Crippen LogP contribution < -0.4 is 10.6 Å². The lowest BCUT2D eigenvalue weighted by atomic mass is 10.2. The van der Waals surface area contributed by atoms with Gasteiger partial charge in [0.05, 0.1) is 12.1 Å². The maximum Gasteiger partial charge on any atom is 0.254 e. The first-order chi connectivity index (χ1) is 12.3. The number of likely N-dealkylation sites (N-methyl/N-ethyl adjacent to an activating group) is 1. The molecule has 7 nitrogen and oxygen atoms in total. The Labute approximate surface area is 154 Å². The molecule has 0 atom stereocenters. The summed E-state index contributed by atoms with van der Waals surface area (Å²) in [5.41, 5.74) is -0.0828. The average molecular weight is 399 g/mol. The third-order valence-corrected chi connectivity index (χ3v) is 6.55. The molecule has 2 aromatic rings. The molecule has 0 unspecified atom stereocenters. The molecule has 0 bridgehead atoms. The summed E-state index contributed by atoms with van der Waals surface area (Å²) >= 11 is 1.07. The molecule has 0 radical (unpaired) electrons. The van der Waals surface area contributed by atoms with E-state index in [2.05, 4.69) is 10.6 Å². The third-order valence-electron chi connectivity index (χ3n) is 3.38. The van der Waals surface area contributed by atoms with Gasteiger partial charge >= 0.3 is 0 Å². The van der Waals surface area contributed by atoms with E-state index in [0.717, 1.165) is 15.6 Å². The Kier molecular flexibility index (Phi) is 6.83. The van der Waals surface area contributed by atoms with Crippen molar-refractivity contribution in [2.75, 3.05) is 26.7 Å². The van der Waals surface area contributed by atoms with E-state index in [9.17, 15) is 22.4 Å². The number of thiophene rings is 1. The third kappa shape index (κ3) is 5.10. The van der Waals surface area contributed by atoms with Crippen LogP contribution in [0.15, 0.2) is 46.0 Å². The lowest BCUT2D eigenvalue weighted by molar-refractivity contribution is -0.121. The van der Waals surface area contributed by atoms with Crippen LogP contribution in [0.3, 0.4) is 0 Å². The van der Waals surface area contributed by atoms with Crippen molar-refractivity contribution < 1.29 is 22.4 Å². The van der Waals surface area contributed by atoms with Crippen molar-refractivity contribution >= 4 is 33.2 Å². The van der Waals surface area contributed by atoms with Gasteiger partial charge in [-0.3, -0.25) is 9.59 Å². The van der Waals surface area contributed by atoms with Gasteiger partial charge in [-0.25, -0.2) is 12.8 Å². The summed E-state index contributed by atoms with van der Waals surface area (Å²) in [5, 5.41) is 6.62. The van der Waals surface area contributed by atoms with Crippen molar-refractivity contribution in [3.05, 3.63) is 53.2 Å². The number of nitrogens with zero attached hydrogens (tertiary/aromatic N) is 1. The minimum Gasteiger partial charge on any atom is -0.353 e. The Morgan fingerprint density at radius 2 is 1.81 bits per heavy atom. The van der Waals surface area contributed by atoms with Gasteiger partial charge in [-0.05, 0) is 23.6 Å². The van der Waals surface area contributed by atoms with Gasteiger partial charge in [0.25, 0.3) is 15.9 Å². The summed E-state index contributed by atoms with van der Waals surface area (Å²) in [6.07, 6.45) is 0. The molecule has 2 amide bonds. The first-order valence-electron chi connectivity index (χ1n) is 7.61. The van der Waals surface area contributed by atoms with Crippen LogP contribution in [0.5, 0.6) is 0 Å². The van der Waals surface area contributed by atoms with Crippen LogP contribution in [0.1, 0.15) is 10.4 Å². The highest BCUT2D eigenvalue weighted by Crippen LogP contribution is 2.19. The van der Waals surface area contributed by atoms with Gasteiger partial charge in [-0.15, -0.1) is 11.3 Å². The van der Waals surface area contributed by atoms with E-state index in [1.807, 2.05) is 0 Å². The van der Waals surface area contributed by atoms with Crippen LogP contribution in [-0.4, -0.2) is 51.2 Å². The quantitative estimate of drug-likeness (QED) is 0.649. The topological polar surface area (TPSA) is 95.6 Å². The number of sulfonamides is 1. The highest BCUT2D eigenvalue weighted by Gasteiger charge is 2.23. The normalized spacial score (nSPS) is 11.3. The largest absolute Gasteiger partial charge is 0.353 e. The molecule has 140 valence electrons. The smallest absolute Gasteiger partial charge is 0.254 e. The van der Waals surface area contributed by atoms with Crippen LogP contribution >= 0.6 is 11.3 Å². The van der Waals surface area contributed by atoms with Crippen LogP contribution in [0.25, 0.3) is 0 Å². The average Bonchev–Trinajstić information content (AvgIpc) is 3.14. The number of rotatable bonds is 8. The van der Waals surface area contributed by atoms with E-state index in [1.165, 1.54) is 31.3 Å².